The van der Waals surface area contributed by atoms with Gasteiger partial charge in [-0.25, -0.2) is 0 Å². The Balaban J connectivity index is 6.47. The summed E-state index contributed by atoms with van der Waals surface area (Å²) in [5.41, 5.74) is 5.26. The van der Waals surface area contributed by atoms with Crippen LogP contribution in [0.3, 0.4) is 0 Å². The second-order valence-electron chi connectivity index (χ2n) is 11.0. The number of carbonyl (C=O) groups excluding carboxylic acids is 1. The number of aliphatic hydroxyl groups is 1. The molecule has 0 aromatic heterocycles. The summed E-state index contributed by atoms with van der Waals surface area (Å²) in [4.78, 5) is 22.1. The highest BCUT2D eigenvalue weighted by atomic mass is 32.2. The highest BCUT2D eigenvalue weighted by molar-refractivity contribution is 7.84. The first-order valence-electron chi connectivity index (χ1n) is 13.3. The number of nitrogens with one attached hydrogen (secondary N) is 1. The van der Waals surface area contributed by atoms with Crippen molar-refractivity contribution in [2.75, 3.05) is 11.5 Å². The molecular weight excluding hydrogens is 879 g/mol. The fraction of sp³-hybridized carbons (Fsp3) is 0.909. The molecule has 0 heterocycles. The molecule has 0 spiro atoms. The summed E-state index contributed by atoms with van der Waals surface area (Å²) >= 11 is 0. The van der Waals surface area contributed by atoms with Crippen LogP contribution in [-0.2, 0) is 20.4 Å². The van der Waals surface area contributed by atoms with E-state index in [0.29, 0.717) is 0 Å². The van der Waals surface area contributed by atoms with E-state index in [9.17, 15) is 129 Å². The van der Waals surface area contributed by atoms with Crippen molar-refractivity contribution >= 4 is 22.7 Å². The first kappa shape index (κ1) is 52.3. The molecule has 0 fully saturated rings. The fourth-order valence-electron chi connectivity index (χ4n) is 3.60. The Hall–Kier alpha value is -2.74. The minimum Gasteiger partial charge on any atom is -0.481 e. The number of carbonyl (C=O) groups is 2. The molecule has 0 rings (SSSR count). The average Bonchev–Trinajstić information content (AvgIpc) is 2.96. The second kappa shape index (κ2) is 15.5. The molecule has 1 amide bonds. The molecule has 0 bridgehead atoms. The highest BCUT2D eigenvalue weighted by Crippen LogP contribution is 2.67. The van der Waals surface area contributed by atoms with E-state index in [0.717, 1.165) is 0 Å². The fourth-order valence-corrected chi connectivity index (χ4v) is 4.71. The van der Waals surface area contributed by atoms with E-state index >= 15 is 0 Å². The molecule has 33 heteroatoms. The molecule has 0 aliphatic rings. The van der Waals surface area contributed by atoms with E-state index in [4.69, 9.17) is 10.8 Å². The van der Waals surface area contributed by atoms with Crippen molar-refractivity contribution in [2.45, 2.75) is 109 Å². The maximum atomic E-state index is 14.1. The molecule has 3 atom stereocenters. The quantitative estimate of drug-likeness (QED) is 0.0751. The molecule has 0 aromatic carbocycles. The van der Waals surface area contributed by atoms with Crippen LogP contribution in [0.4, 0.5) is 110 Å². The number of alkyl halides is 25. The van der Waals surface area contributed by atoms with Gasteiger partial charge in [0.25, 0.3) is 0 Å². The molecule has 7 nitrogen and oxygen atoms in total. The highest BCUT2D eigenvalue weighted by Gasteiger charge is 2.99. The zero-order valence-electron chi connectivity index (χ0n) is 25.5. The van der Waals surface area contributed by atoms with E-state index in [2.05, 4.69) is 0 Å². The van der Waals surface area contributed by atoms with E-state index in [-0.39, 0.29) is 0 Å². The lowest BCUT2D eigenvalue weighted by Crippen LogP contribution is -2.78. The van der Waals surface area contributed by atoms with Crippen molar-refractivity contribution in [3.8, 4) is 0 Å². The molecule has 0 radical (unpaired) electrons. The predicted octanol–water partition coefficient (Wildman–Crippen LogP) is 6.69. The lowest BCUT2D eigenvalue weighted by atomic mass is 9.84. The summed E-state index contributed by atoms with van der Waals surface area (Å²) in [6, 6.07) is -1.31. The van der Waals surface area contributed by atoms with Crippen molar-refractivity contribution in [2.24, 2.45) is 5.73 Å². The first-order chi connectivity index (χ1) is 23.7. The molecule has 0 aliphatic heterocycles. The van der Waals surface area contributed by atoms with Gasteiger partial charge in [-0.1, -0.05) is 0 Å². The molecule has 0 aromatic rings. The number of rotatable bonds is 21. The van der Waals surface area contributed by atoms with Gasteiger partial charge in [-0.15, -0.1) is 0 Å². The van der Waals surface area contributed by atoms with Crippen LogP contribution in [0, 0.1) is 0 Å². The van der Waals surface area contributed by atoms with Gasteiger partial charge in [0.05, 0.1) is 6.42 Å². The summed E-state index contributed by atoms with van der Waals surface area (Å²) in [6.07, 6.45) is -16.1. The van der Waals surface area contributed by atoms with Gasteiger partial charge in [-0.3, -0.25) is 13.8 Å². The van der Waals surface area contributed by atoms with Crippen LogP contribution in [0.2, 0.25) is 0 Å². The van der Waals surface area contributed by atoms with Crippen LogP contribution in [0.5, 0.6) is 0 Å². The summed E-state index contributed by atoms with van der Waals surface area (Å²) in [5.74, 6) is -106. The second-order valence-corrected chi connectivity index (χ2v) is 12.7. The van der Waals surface area contributed by atoms with E-state index in [1.165, 1.54) is 0 Å². The van der Waals surface area contributed by atoms with E-state index < -0.39 is 143 Å². The van der Waals surface area contributed by atoms with Crippen LogP contribution in [0.25, 0.3) is 0 Å². The molecule has 3 unspecified atom stereocenters. The van der Waals surface area contributed by atoms with Crippen molar-refractivity contribution in [3.63, 3.8) is 0 Å². The molecule has 0 saturated heterocycles. The standard InChI is InChI=1S/C22H19F25N2O5S/c23-11(24,2-4-55(54)3-1-8(50)49-9(51)5-7(48)6-10(52)53)12(25,26)13(27,28)14(29,30)15(31,32)16(33,34)17(35,36)18(37,38)19(39,40)20(41,42)21(43,44)22(45,46)47/h7,9,51H,1-6,48H2,(H,49,50)(H,52,53). The Bertz CT molecular complexity index is 1400. The van der Waals surface area contributed by atoms with Gasteiger partial charge in [-0.2, -0.15) is 110 Å². The third-order valence-electron chi connectivity index (χ3n) is 6.86. The summed E-state index contributed by atoms with van der Waals surface area (Å²) in [6.45, 7) is 0. The van der Waals surface area contributed by atoms with Gasteiger partial charge in [0.15, 0.2) is 0 Å². The number of carboxylic acids is 1. The van der Waals surface area contributed by atoms with Crippen LogP contribution in [-0.4, -0.2) is 121 Å². The number of hydrogen-bond donors (Lipinski definition) is 4. The Kier molecular flexibility index (Phi) is 14.8. The lowest BCUT2D eigenvalue weighted by Gasteiger charge is -2.45. The number of halogens is 25. The Morgan fingerprint density at radius 1 is 0.545 bits per heavy atom. The maximum absolute atomic E-state index is 14.1. The van der Waals surface area contributed by atoms with Gasteiger partial charge in [0.1, 0.15) is 6.23 Å². The van der Waals surface area contributed by atoms with Crippen LogP contribution in [0.1, 0.15) is 25.7 Å². The average molecular weight is 898 g/mol. The Morgan fingerprint density at radius 2 is 0.855 bits per heavy atom. The third-order valence-corrected chi connectivity index (χ3v) is 8.17. The van der Waals surface area contributed by atoms with Crippen molar-refractivity contribution in [3.05, 3.63) is 0 Å². The van der Waals surface area contributed by atoms with Crippen molar-refractivity contribution in [1.29, 1.82) is 0 Å². The lowest BCUT2D eigenvalue weighted by molar-refractivity contribution is -0.482. The molecule has 5 N–H and O–H groups in total. The van der Waals surface area contributed by atoms with Gasteiger partial charge in [0, 0.05) is 47.6 Å². The minimum absolute atomic E-state index is 0.685. The minimum atomic E-state index is -9.70. The number of aliphatic carboxylic acids is 1. The summed E-state index contributed by atoms with van der Waals surface area (Å²) in [5, 5.41) is 19.6. The molecular formula is C22H19F25N2O5S. The summed E-state index contributed by atoms with van der Waals surface area (Å²) < 4.78 is 350. The van der Waals surface area contributed by atoms with Crippen LogP contribution < -0.4 is 11.1 Å². The number of hydrogen-bond acceptors (Lipinski definition) is 5. The largest absolute Gasteiger partial charge is 0.481 e. The van der Waals surface area contributed by atoms with E-state index in [1.807, 2.05) is 0 Å². The Morgan fingerprint density at radius 3 is 1.16 bits per heavy atom. The predicted molar refractivity (Wildman–Crippen MR) is 127 cm³/mol. The van der Waals surface area contributed by atoms with E-state index in [1.54, 1.807) is 5.32 Å². The molecule has 0 saturated carbocycles. The van der Waals surface area contributed by atoms with Gasteiger partial charge in [-0.05, 0) is 0 Å². The first-order valence-corrected chi connectivity index (χ1v) is 14.8. The van der Waals surface area contributed by atoms with Gasteiger partial charge < -0.3 is 21.3 Å². The maximum Gasteiger partial charge on any atom is 0.460 e. The zero-order chi connectivity index (χ0) is 44.8. The number of carboxylic acid groups (broad SMARTS) is 1. The zero-order valence-corrected chi connectivity index (χ0v) is 26.3. The number of amides is 1. The van der Waals surface area contributed by atoms with Crippen molar-refractivity contribution < 1.29 is 134 Å². The monoisotopic (exact) mass is 898 g/mol. The number of aliphatic hydroxyl groups excluding tert-OH is 1. The molecule has 328 valence electrons. The summed E-state index contributed by atoms with van der Waals surface area (Å²) in [7, 11) is -3.18. The van der Waals surface area contributed by atoms with Gasteiger partial charge >= 0.3 is 77.3 Å². The molecule has 55 heavy (non-hydrogen) atoms. The number of nitrogens with two attached hydrogens (primary N) is 1. The van der Waals surface area contributed by atoms with Crippen LogP contribution >= 0.6 is 0 Å². The van der Waals surface area contributed by atoms with Crippen LogP contribution in [0.15, 0.2) is 0 Å². The van der Waals surface area contributed by atoms with Crippen molar-refractivity contribution in [1.82, 2.24) is 5.32 Å². The smallest absolute Gasteiger partial charge is 0.460 e. The van der Waals surface area contributed by atoms with Gasteiger partial charge in [0.2, 0.25) is 5.91 Å². The third kappa shape index (κ3) is 8.75. The SMILES string of the molecule is NC(CC(=O)O)CC(O)NC(=O)CCS(=O)CCC(F)(F)C(F)(F)C(F)(F)C(F)(F)C(F)(F)C(F)(F)C(F)(F)C(F)(F)C(F)(F)C(F)(F)C(F)(F)C(F)(F)F. The Labute approximate surface area is 289 Å². The normalized spacial score (nSPS) is 17.1. The molecule has 0 aliphatic carbocycles. The topological polar surface area (TPSA) is 130 Å².